The molecule has 0 spiro atoms. The normalized spacial score (nSPS) is 34.4. The summed E-state index contributed by atoms with van der Waals surface area (Å²) in [5, 5.41) is 73.6. The fourth-order valence-corrected chi connectivity index (χ4v) is 5.64. The number of halogens is 1. The topological polar surface area (TPSA) is 207 Å². The standard InChI is InChI=1S/C27H29ClN2O11/c28-16-10-4-1-2-6-12(10)29-18-11-5-3-7-13(17(11)30-19(16)18)38-26-24(37)22(35)25(15(9-32)40-26)41-27-23(36)21(34)20(33)14(8-31)39-27/h1-7,14-15,20-27,30-37H,8-9H2/t14-,15-,20+,21+,22-,23-,24-,25-,26-,27+/m1/s1. The Morgan fingerprint density at radius 2 is 1.44 bits per heavy atom. The number of aromatic nitrogens is 2. The van der Waals surface area contributed by atoms with Crippen LogP contribution < -0.4 is 4.74 Å². The van der Waals surface area contributed by atoms with Crippen molar-refractivity contribution < 1.29 is 54.7 Å². The van der Waals surface area contributed by atoms with E-state index >= 15 is 0 Å². The third kappa shape index (κ3) is 4.82. The number of aliphatic hydroxyl groups excluding tert-OH is 7. The smallest absolute Gasteiger partial charge is 0.229 e. The second-order valence-electron chi connectivity index (χ2n) is 10.1. The van der Waals surface area contributed by atoms with Gasteiger partial charge in [0, 0.05) is 10.8 Å². The van der Waals surface area contributed by atoms with Crippen molar-refractivity contribution >= 4 is 44.4 Å². The average Bonchev–Trinajstić information content (AvgIpc) is 3.36. The maximum absolute atomic E-state index is 10.9. The Kier molecular flexibility index (Phi) is 7.78. The van der Waals surface area contributed by atoms with Gasteiger partial charge in [0.2, 0.25) is 6.29 Å². The quantitative estimate of drug-likeness (QED) is 0.143. The van der Waals surface area contributed by atoms with Crippen LogP contribution in [0.3, 0.4) is 0 Å². The van der Waals surface area contributed by atoms with Crippen LogP contribution in [0, 0.1) is 0 Å². The van der Waals surface area contributed by atoms with Gasteiger partial charge in [-0.2, -0.15) is 0 Å². The molecule has 6 rings (SSSR count). The van der Waals surface area contributed by atoms with Crippen molar-refractivity contribution in [3.8, 4) is 5.75 Å². The summed E-state index contributed by atoms with van der Waals surface area (Å²) in [7, 11) is 0. The highest BCUT2D eigenvalue weighted by atomic mass is 35.5. The molecule has 8 N–H and O–H groups in total. The summed E-state index contributed by atoms with van der Waals surface area (Å²) in [6.45, 7) is -1.37. The predicted octanol–water partition coefficient (Wildman–Crippen LogP) is -0.474. The number of aliphatic hydroxyl groups is 7. The highest BCUT2D eigenvalue weighted by Gasteiger charge is 2.51. The fraction of sp³-hybridized carbons (Fsp3) is 0.444. The van der Waals surface area contributed by atoms with Crippen molar-refractivity contribution in [3.63, 3.8) is 0 Å². The van der Waals surface area contributed by atoms with E-state index in [0.29, 0.717) is 32.5 Å². The van der Waals surface area contributed by atoms with Gasteiger partial charge in [-0.05, 0) is 12.1 Å². The highest BCUT2D eigenvalue weighted by Crippen LogP contribution is 2.38. The molecule has 0 radical (unpaired) electrons. The molecule has 4 heterocycles. The van der Waals surface area contributed by atoms with Crippen molar-refractivity contribution in [2.75, 3.05) is 13.2 Å². The van der Waals surface area contributed by atoms with Crippen molar-refractivity contribution in [2.24, 2.45) is 0 Å². The molecule has 13 nitrogen and oxygen atoms in total. The van der Waals surface area contributed by atoms with Gasteiger partial charge in [-0.1, -0.05) is 41.9 Å². The van der Waals surface area contributed by atoms with Crippen LogP contribution in [0.4, 0.5) is 0 Å². The number of nitrogens with zero attached hydrogens (tertiary/aromatic N) is 1. The first-order valence-electron chi connectivity index (χ1n) is 13.0. The first kappa shape index (κ1) is 28.5. The Morgan fingerprint density at radius 3 is 2.20 bits per heavy atom. The average molecular weight is 593 g/mol. The Labute approximate surface area is 237 Å². The lowest BCUT2D eigenvalue weighted by atomic mass is 9.97. The third-order valence-electron chi connectivity index (χ3n) is 7.56. The number of nitrogens with one attached hydrogen (secondary N) is 1. The van der Waals surface area contributed by atoms with E-state index in [-0.39, 0.29) is 5.75 Å². The molecule has 0 unspecified atom stereocenters. The number of rotatable bonds is 6. The van der Waals surface area contributed by atoms with Crippen LogP contribution in [-0.2, 0) is 14.2 Å². The fourth-order valence-electron chi connectivity index (χ4n) is 5.34. The summed E-state index contributed by atoms with van der Waals surface area (Å²) in [5.74, 6) is 0.252. The van der Waals surface area contributed by atoms with E-state index in [1.807, 2.05) is 30.3 Å². The molecule has 41 heavy (non-hydrogen) atoms. The van der Waals surface area contributed by atoms with Gasteiger partial charge in [0.15, 0.2) is 6.29 Å². The molecule has 2 aromatic carbocycles. The molecule has 220 valence electrons. The maximum atomic E-state index is 10.9. The molecule has 0 saturated carbocycles. The van der Waals surface area contributed by atoms with Crippen LogP contribution in [0.5, 0.6) is 5.75 Å². The van der Waals surface area contributed by atoms with Crippen LogP contribution in [0.1, 0.15) is 0 Å². The first-order valence-corrected chi connectivity index (χ1v) is 13.3. The number of ether oxygens (including phenoxy) is 4. The summed E-state index contributed by atoms with van der Waals surface area (Å²) in [6, 6.07) is 12.6. The van der Waals surface area contributed by atoms with Gasteiger partial charge in [0.05, 0.1) is 40.3 Å². The largest absolute Gasteiger partial charge is 0.460 e. The van der Waals surface area contributed by atoms with E-state index in [1.165, 1.54) is 0 Å². The lowest BCUT2D eigenvalue weighted by Gasteiger charge is -2.45. The van der Waals surface area contributed by atoms with Gasteiger partial charge in [-0.15, -0.1) is 0 Å². The van der Waals surface area contributed by atoms with Gasteiger partial charge < -0.3 is 59.7 Å². The number of hydrogen-bond acceptors (Lipinski definition) is 12. The second-order valence-corrected chi connectivity index (χ2v) is 10.5. The van der Waals surface area contributed by atoms with Gasteiger partial charge in [0.25, 0.3) is 0 Å². The molecular weight excluding hydrogens is 564 g/mol. The number of hydrogen-bond donors (Lipinski definition) is 8. The summed E-state index contributed by atoms with van der Waals surface area (Å²) in [6.07, 6.45) is -15.6. The molecule has 0 bridgehead atoms. The molecule has 0 amide bonds. The zero-order valence-electron chi connectivity index (χ0n) is 21.3. The molecular formula is C27H29ClN2O11. The number of aromatic amines is 1. The summed E-state index contributed by atoms with van der Waals surface area (Å²) in [4.78, 5) is 7.97. The van der Waals surface area contributed by atoms with Crippen LogP contribution >= 0.6 is 11.6 Å². The number of fused-ring (bicyclic) bond motifs is 4. The number of para-hydroxylation sites is 2. The lowest BCUT2D eigenvalue weighted by molar-refractivity contribution is -0.352. The molecule has 2 aliphatic rings. The molecule has 2 aliphatic heterocycles. The van der Waals surface area contributed by atoms with Gasteiger partial charge in [0.1, 0.15) is 54.6 Å². The molecule has 2 fully saturated rings. The third-order valence-corrected chi connectivity index (χ3v) is 7.96. The monoisotopic (exact) mass is 592 g/mol. The van der Waals surface area contributed by atoms with Crippen LogP contribution in [0.15, 0.2) is 42.5 Å². The minimum atomic E-state index is -1.76. The van der Waals surface area contributed by atoms with E-state index in [1.54, 1.807) is 12.1 Å². The second kappa shape index (κ2) is 11.2. The molecule has 14 heteroatoms. The van der Waals surface area contributed by atoms with Gasteiger partial charge >= 0.3 is 0 Å². The Balaban J connectivity index is 1.26. The van der Waals surface area contributed by atoms with E-state index in [0.717, 1.165) is 5.39 Å². The van der Waals surface area contributed by atoms with E-state index in [9.17, 15) is 35.7 Å². The van der Waals surface area contributed by atoms with Gasteiger partial charge in [-0.25, -0.2) is 4.98 Å². The lowest BCUT2D eigenvalue weighted by Crippen LogP contribution is -2.65. The first-order chi connectivity index (χ1) is 19.7. The van der Waals surface area contributed by atoms with E-state index in [4.69, 9.17) is 35.5 Å². The van der Waals surface area contributed by atoms with Crippen LogP contribution in [0.25, 0.3) is 32.8 Å². The SMILES string of the molecule is OC[C@H]1O[C@@H](O[C@H]2[C@H](O)[C@@H](O)[C@H](Oc3cccc4c3[nH]c3c(Cl)c5ccccc5nc34)O[C@@H]2CO)[C@H](O)[C@@H](O)[C@H]1O. The number of benzene rings is 2. The van der Waals surface area contributed by atoms with Crippen molar-refractivity contribution in [2.45, 2.75) is 61.4 Å². The maximum Gasteiger partial charge on any atom is 0.229 e. The van der Waals surface area contributed by atoms with Crippen molar-refractivity contribution in [1.82, 2.24) is 9.97 Å². The minimum absolute atomic E-state index is 0.252. The Bertz CT molecular complexity index is 1550. The predicted molar refractivity (Wildman–Crippen MR) is 143 cm³/mol. The molecule has 2 aromatic heterocycles. The minimum Gasteiger partial charge on any atom is -0.460 e. The molecule has 2 saturated heterocycles. The van der Waals surface area contributed by atoms with Crippen LogP contribution in [-0.4, -0.2) is 120 Å². The summed E-state index contributed by atoms with van der Waals surface area (Å²) < 4.78 is 22.7. The highest BCUT2D eigenvalue weighted by molar-refractivity contribution is 6.40. The Morgan fingerprint density at radius 1 is 0.756 bits per heavy atom. The van der Waals surface area contributed by atoms with Crippen LogP contribution in [0.2, 0.25) is 5.02 Å². The summed E-state index contributed by atoms with van der Waals surface area (Å²) in [5.41, 5.74) is 2.42. The van der Waals surface area contributed by atoms with E-state index < -0.39 is 74.6 Å². The molecule has 4 aromatic rings. The zero-order valence-corrected chi connectivity index (χ0v) is 22.1. The molecule has 10 atom stereocenters. The molecule has 0 aliphatic carbocycles. The van der Waals surface area contributed by atoms with Gasteiger partial charge in [-0.3, -0.25) is 0 Å². The zero-order chi connectivity index (χ0) is 29.0. The van der Waals surface area contributed by atoms with Crippen molar-refractivity contribution in [1.29, 1.82) is 0 Å². The Hall–Kier alpha value is -2.66. The summed E-state index contributed by atoms with van der Waals surface area (Å²) >= 11 is 6.69. The van der Waals surface area contributed by atoms with E-state index in [2.05, 4.69) is 4.98 Å². The number of pyridine rings is 1. The van der Waals surface area contributed by atoms with Crippen molar-refractivity contribution in [3.05, 3.63) is 47.5 Å². The number of H-pyrrole nitrogens is 1.